The summed E-state index contributed by atoms with van der Waals surface area (Å²) in [7, 11) is 1.57. The number of methoxy groups -OCH3 is 1. The van der Waals surface area contributed by atoms with Crippen molar-refractivity contribution in [1.82, 2.24) is 9.80 Å². The van der Waals surface area contributed by atoms with E-state index in [9.17, 15) is 9.59 Å². The lowest BCUT2D eigenvalue weighted by atomic mass is 10.0. The maximum absolute atomic E-state index is 13.6. The van der Waals surface area contributed by atoms with Crippen molar-refractivity contribution in [3.05, 3.63) is 86.0 Å². The third-order valence-electron chi connectivity index (χ3n) is 5.89. The Labute approximate surface area is 219 Å². The molecule has 0 bridgehead atoms. The molecule has 4 rings (SSSR count). The van der Waals surface area contributed by atoms with Gasteiger partial charge < -0.3 is 19.3 Å². The molecule has 0 saturated carbocycles. The van der Waals surface area contributed by atoms with Gasteiger partial charge in [-0.25, -0.2) is 0 Å². The standard InChI is InChI=1S/C26H26Cl2N2O4S/c1-33-13-12-29(26(32)18-3-2-4-20(28)15-18)16-25(31)30-11-9-24-22(10-14-35-24)23(30)17-34-21-7-5-19(27)6-8-21/h2-8,10,14-15,23H,9,11-13,16-17H2,1H3. The topological polar surface area (TPSA) is 59.1 Å². The number of thiophene rings is 1. The van der Waals surface area contributed by atoms with E-state index in [1.807, 2.05) is 22.4 Å². The summed E-state index contributed by atoms with van der Waals surface area (Å²) < 4.78 is 11.2. The Bertz CT molecular complexity index is 1170. The number of amides is 2. The molecule has 0 N–H and O–H groups in total. The molecule has 1 aliphatic rings. The Morgan fingerprint density at radius 3 is 2.66 bits per heavy atom. The Hall–Kier alpha value is -2.58. The second kappa shape index (κ2) is 11.9. The molecule has 35 heavy (non-hydrogen) atoms. The van der Waals surface area contributed by atoms with Gasteiger partial charge in [-0.05, 0) is 65.9 Å². The van der Waals surface area contributed by atoms with Gasteiger partial charge in [-0.1, -0.05) is 29.3 Å². The Kier molecular flexibility index (Phi) is 8.68. The van der Waals surface area contributed by atoms with Gasteiger partial charge in [-0.3, -0.25) is 9.59 Å². The molecular formula is C26H26Cl2N2O4S. The number of nitrogens with zero attached hydrogens (tertiary/aromatic N) is 2. The third-order valence-corrected chi connectivity index (χ3v) is 7.37. The maximum atomic E-state index is 13.6. The van der Waals surface area contributed by atoms with Gasteiger partial charge in [-0.15, -0.1) is 11.3 Å². The minimum atomic E-state index is -0.264. The van der Waals surface area contributed by atoms with Crippen LogP contribution < -0.4 is 4.74 Å². The molecule has 1 aliphatic heterocycles. The molecule has 6 nitrogen and oxygen atoms in total. The first-order valence-electron chi connectivity index (χ1n) is 11.2. The van der Waals surface area contributed by atoms with Crippen LogP contribution in [0.15, 0.2) is 60.0 Å². The average Bonchev–Trinajstić information content (AvgIpc) is 3.34. The number of carbonyl (C=O) groups excluding carboxylic acids is 2. The molecule has 0 aliphatic carbocycles. The minimum Gasteiger partial charge on any atom is -0.491 e. The van der Waals surface area contributed by atoms with Crippen LogP contribution in [-0.2, 0) is 16.0 Å². The van der Waals surface area contributed by atoms with Gasteiger partial charge in [0.05, 0.1) is 12.6 Å². The summed E-state index contributed by atoms with van der Waals surface area (Å²) in [5, 5.41) is 3.14. The van der Waals surface area contributed by atoms with Gasteiger partial charge in [0.15, 0.2) is 0 Å². The van der Waals surface area contributed by atoms with E-state index < -0.39 is 0 Å². The highest BCUT2D eigenvalue weighted by Gasteiger charge is 2.33. The van der Waals surface area contributed by atoms with Crippen LogP contribution in [0.25, 0.3) is 0 Å². The van der Waals surface area contributed by atoms with E-state index in [0.717, 1.165) is 12.0 Å². The van der Waals surface area contributed by atoms with Crippen LogP contribution in [0, 0.1) is 0 Å². The van der Waals surface area contributed by atoms with Crippen molar-refractivity contribution >= 4 is 46.4 Å². The zero-order chi connectivity index (χ0) is 24.8. The van der Waals surface area contributed by atoms with Crippen molar-refractivity contribution in [3.63, 3.8) is 0 Å². The van der Waals surface area contributed by atoms with Crippen LogP contribution in [0.3, 0.4) is 0 Å². The molecular weight excluding hydrogens is 507 g/mol. The molecule has 2 amide bonds. The number of benzene rings is 2. The number of hydrogen-bond donors (Lipinski definition) is 0. The van der Waals surface area contributed by atoms with E-state index in [0.29, 0.717) is 41.1 Å². The van der Waals surface area contributed by atoms with Crippen molar-refractivity contribution in [2.75, 3.05) is 40.0 Å². The summed E-state index contributed by atoms with van der Waals surface area (Å²) in [4.78, 5) is 31.4. The predicted octanol–water partition coefficient (Wildman–Crippen LogP) is 5.35. The van der Waals surface area contributed by atoms with Gasteiger partial charge in [0.2, 0.25) is 5.91 Å². The molecule has 1 aromatic heterocycles. The zero-order valence-electron chi connectivity index (χ0n) is 19.3. The van der Waals surface area contributed by atoms with Crippen LogP contribution in [0.4, 0.5) is 0 Å². The van der Waals surface area contributed by atoms with Crippen molar-refractivity contribution in [3.8, 4) is 5.75 Å². The quantitative estimate of drug-likeness (QED) is 0.372. The van der Waals surface area contributed by atoms with Crippen molar-refractivity contribution in [1.29, 1.82) is 0 Å². The Balaban J connectivity index is 1.52. The fourth-order valence-corrected chi connectivity index (χ4v) is 5.34. The van der Waals surface area contributed by atoms with Crippen molar-refractivity contribution in [2.24, 2.45) is 0 Å². The first-order valence-corrected chi connectivity index (χ1v) is 12.9. The zero-order valence-corrected chi connectivity index (χ0v) is 21.6. The van der Waals surface area contributed by atoms with Crippen LogP contribution in [-0.4, -0.2) is 61.6 Å². The fraction of sp³-hybridized carbons (Fsp3) is 0.308. The Morgan fingerprint density at radius 2 is 1.91 bits per heavy atom. The molecule has 1 atom stereocenters. The number of halogens is 2. The number of fused-ring (bicyclic) bond motifs is 1. The summed E-state index contributed by atoms with van der Waals surface area (Å²) in [5.74, 6) is 0.278. The second-order valence-corrected chi connectivity index (χ2v) is 10.0. The van der Waals surface area contributed by atoms with Gasteiger partial charge in [0.25, 0.3) is 5.91 Å². The van der Waals surface area contributed by atoms with Gasteiger partial charge in [0.1, 0.15) is 18.9 Å². The van der Waals surface area contributed by atoms with Gasteiger partial charge >= 0.3 is 0 Å². The summed E-state index contributed by atoms with van der Waals surface area (Å²) in [6.45, 7) is 1.40. The molecule has 0 radical (unpaired) electrons. The molecule has 0 spiro atoms. The first kappa shape index (κ1) is 25.5. The van der Waals surface area contributed by atoms with Crippen LogP contribution >= 0.6 is 34.5 Å². The highest BCUT2D eigenvalue weighted by Crippen LogP contribution is 2.34. The molecule has 3 aromatic rings. The minimum absolute atomic E-state index is 0.0639. The second-order valence-electron chi connectivity index (χ2n) is 8.15. The van der Waals surface area contributed by atoms with E-state index in [-0.39, 0.29) is 30.9 Å². The summed E-state index contributed by atoms with van der Waals surface area (Å²) in [6, 6.07) is 15.7. The van der Waals surface area contributed by atoms with E-state index in [2.05, 4.69) is 6.07 Å². The molecule has 2 heterocycles. The van der Waals surface area contributed by atoms with E-state index in [1.165, 1.54) is 9.78 Å². The molecule has 184 valence electrons. The van der Waals surface area contributed by atoms with Crippen molar-refractivity contribution in [2.45, 2.75) is 12.5 Å². The number of ether oxygens (including phenoxy) is 2. The molecule has 2 aromatic carbocycles. The highest BCUT2D eigenvalue weighted by atomic mass is 35.5. The van der Waals surface area contributed by atoms with Crippen LogP contribution in [0.2, 0.25) is 10.0 Å². The van der Waals surface area contributed by atoms with E-state index >= 15 is 0 Å². The summed E-state index contributed by atoms with van der Waals surface area (Å²) in [6.07, 6.45) is 0.774. The lowest BCUT2D eigenvalue weighted by molar-refractivity contribution is -0.135. The number of carbonyl (C=O) groups is 2. The summed E-state index contributed by atoms with van der Waals surface area (Å²) in [5.41, 5.74) is 1.52. The smallest absolute Gasteiger partial charge is 0.254 e. The van der Waals surface area contributed by atoms with Crippen molar-refractivity contribution < 1.29 is 19.1 Å². The first-order chi connectivity index (χ1) is 17.0. The predicted molar refractivity (Wildman–Crippen MR) is 139 cm³/mol. The van der Waals surface area contributed by atoms with Gasteiger partial charge in [0, 0.05) is 40.7 Å². The highest BCUT2D eigenvalue weighted by molar-refractivity contribution is 7.10. The maximum Gasteiger partial charge on any atom is 0.254 e. The third kappa shape index (κ3) is 6.35. The number of rotatable bonds is 9. The Morgan fingerprint density at radius 1 is 1.11 bits per heavy atom. The lowest BCUT2D eigenvalue weighted by Gasteiger charge is -2.37. The van der Waals surface area contributed by atoms with E-state index in [1.54, 1.807) is 54.8 Å². The van der Waals surface area contributed by atoms with E-state index in [4.69, 9.17) is 32.7 Å². The SMILES string of the molecule is COCCN(CC(=O)N1CCc2sccc2C1COc1ccc(Cl)cc1)C(=O)c1cccc(Cl)c1. The monoisotopic (exact) mass is 532 g/mol. The summed E-state index contributed by atoms with van der Waals surface area (Å²) >= 11 is 13.8. The van der Waals surface area contributed by atoms with Crippen LogP contribution in [0.1, 0.15) is 26.8 Å². The van der Waals surface area contributed by atoms with Gasteiger partial charge in [-0.2, -0.15) is 0 Å². The normalized spacial score (nSPS) is 14.9. The average molecular weight is 533 g/mol. The fourth-order valence-electron chi connectivity index (χ4n) is 4.09. The molecule has 0 fully saturated rings. The number of hydrogen-bond acceptors (Lipinski definition) is 5. The molecule has 9 heteroatoms. The lowest BCUT2D eigenvalue weighted by Crippen LogP contribution is -2.48. The van der Waals surface area contributed by atoms with Crippen LogP contribution in [0.5, 0.6) is 5.75 Å². The largest absolute Gasteiger partial charge is 0.491 e. The molecule has 1 unspecified atom stereocenters. The molecule has 0 saturated heterocycles.